The molecule has 0 spiro atoms. The number of unbranched alkanes of at least 4 members (excludes halogenated alkanes) is 24. The number of aliphatic hydroxyl groups excluding tert-OH is 4. The second-order valence-corrected chi connectivity index (χ2v) is 16.4. The zero-order valence-corrected chi connectivity index (χ0v) is 37.3. The molecule has 57 heavy (non-hydrogen) atoms. The van der Waals surface area contributed by atoms with Crippen molar-refractivity contribution in [3.8, 4) is 0 Å². The molecule has 0 aliphatic heterocycles. The van der Waals surface area contributed by atoms with Crippen LogP contribution in [0, 0.1) is 0 Å². The number of amides is 1. The van der Waals surface area contributed by atoms with Gasteiger partial charge in [-0.15, -0.1) is 0 Å². The molecule has 0 aliphatic rings. The molecule has 1 amide bonds. The second kappa shape index (κ2) is 45.1. The van der Waals surface area contributed by atoms with Gasteiger partial charge in [-0.1, -0.05) is 190 Å². The topological polar surface area (TPSA) is 110 Å². The zero-order valence-electron chi connectivity index (χ0n) is 37.3. The van der Waals surface area contributed by atoms with Crippen LogP contribution in [0.3, 0.4) is 0 Å². The maximum Gasteiger partial charge on any atom is 0.249 e. The summed E-state index contributed by atoms with van der Waals surface area (Å²) in [6.07, 6.45) is 56.8. The predicted octanol–water partition coefficient (Wildman–Crippen LogP) is 13.2. The lowest BCUT2D eigenvalue weighted by atomic mass is 10.00. The Labute approximate surface area is 352 Å². The summed E-state index contributed by atoms with van der Waals surface area (Å²) < 4.78 is 0. The summed E-state index contributed by atoms with van der Waals surface area (Å²) in [5.41, 5.74) is 0. The van der Waals surface area contributed by atoms with Gasteiger partial charge in [0.2, 0.25) is 5.91 Å². The van der Waals surface area contributed by atoms with Gasteiger partial charge in [-0.2, -0.15) is 0 Å². The molecule has 0 aromatic heterocycles. The molecule has 6 nitrogen and oxygen atoms in total. The van der Waals surface area contributed by atoms with Crippen molar-refractivity contribution in [2.75, 3.05) is 6.61 Å². The predicted molar refractivity (Wildman–Crippen MR) is 246 cm³/mol. The summed E-state index contributed by atoms with van der Waals surface area (Å²) in [5, 5.41) is 43.7. The van der Waals surface area contributed by atoms with Crippen LogP contribution in [0.25, 0.3) is 0 Å². The average molecular weight is 800 g/mol. The highest BCUT2D eigenvalue weighted by Gasteiger charge is 2.28. The Hall–Kier alpha value is -1.99. The zero-order chi connectivity index (χ0) is 41.7. The van der Waals surface area contributed by atoms with Crippen LogP contribution in [0.1, 0.15) is 226 Å². The van der Waals surface area contributed by atoms with E-state index in [0.717, 1.165) is 70.6 Å². The van der Waals surface area contributed by atoms with E-state index in [1.165, 1.54) is 122 Å². The fraction of sp³-hybridized carbons (Fsp3) is 0.784. The van der Waals surface area contributed by atoms with E-state index >= 15 is 0 Å². The van der Waals surface area contributed by atoms with Crippen molar-refractivity contribution in [1.82, 2.24) is 5.32 Å². The van der Waals surface area contributed by atoms with Crippen LogP contribution in [-0.2, 0) is 4.79 Å². The van der Waals surface area contributed by atoms with Gasteiger partial charge < -0.3 is 25.7 Å². The minimum Gasteiger partial charge on any atom is -0.394 e. The van der Waals surface area contributed by atoms with Crippen molar-refractivity contribution in [2.24, 2.45) is 0 Å². The third kappa shape index (κ3) is 39.3. The number of hydrogen-bond donors (Lipinski definition) is 5. The molecular formula is C51H93NO5. The maximum atomic E-state index is 12.5. The normalized spacial score (nSPS) is 14.6. The van der Waals surface area contributed by atoms with Crippen LogP contribution >= 0.6 is 0 Å². The molecule has 5 N–H and O–H groups in total. The smallest absolute Gasteiger partial charge is 0.249 e. The van der Waals surface area contributed by atoms with E-state index < -0.39 is 36.9 Å². The fourth-order valence-corrected chi connectivity index (χ4v) is 7.05. The van der Waals surface area contributed by atoms with Crippen LogP contribution in [0.2, 0.25) is 0 Å². The molecule has 0 aliphatic carbocycles. The van der Waals surface area contributed by atoms with Gasteiger partial charge in [-0.25, -0.2) is 0 Å². The van der Waals surface area contributed by atoms with Crippen LogP contribution in [0.5, 0.6) is 0 Å². The number of carbonyl (C=O) groups is 1. The molecule has 0 bridgehead atoms. The summed E-state index contributed by atoms with van der Waals surface area (Å²) in [6.45, 7) is 4.02. The fourth-order valence-electron chi connectivity index (χ4n) is 7.05. The largest absolute Gasteiger partial charge is 0.394 e. The first-order valence-electron chi connectivity index (χ1n) is 24.2. The highest BCUT2D eigenvalue weighted by atomic mass is 16.3. The first-order valence-corrected chi connectivity index (χ1v) is 24.2. The molecule has 0 saturated carbocycles. The number of rotatable bonds is 43. The van der Waals surface area contributed by atoms with Crippen molar-refractivity contribution in [3.05, 3.63) is 60.8 Å². The number of allylic oxidation sites excluding steroid dienone is 10. The van der Waals surface area contributed by atoms with Gasteiger partial charge in [0.15, 0.2) is 0 Å². The second-order valence-electron chi connectivity index (χ2n) is 16.4. The first kappa shape index (κ1) is 55.0. The Balaban J connectivity index is 3.82. The Morgan fingerprint density at radius 1 is 0.439 bits per heavy atom. The molecular weight excluding hydrogens is 707 g/mol. The van der Waals surface area contributed by atoms with E-state index in [1.807, 2.05) is 0 Å². The van der Waals surface area contributed by atoms with Crippen molar-refractivity contribution < 1.29 is 25.2 Å². The van der Waals surface area contributed by atoms with E-state index in [1.54, 1.807) is 0 Å². The van der Waals surface area contributed by atoms with Crippen molar-refractivity contribution in [1.29, 1.82) is 0 Å². The molecule has 0 radical (unpaired) electrons. The van der Waals surface area contributed by atoms with Gasteiger partial charge >= 0.3 is 0 Å². The molecule has 0 aromatic rings. The molecule has 0 rings (SSSR count). The van der Waals surface area contributed by atoms with Crippen LogP contribution in [-0.4, -0.2) is 57.3 Å². The van der Waals surface area contributed by atoms with Crippen LogP contribution in [0.4, 0.5) is 0 Å². The van der Waals surface area contributed by atoms with Gasteiger partial charge in [0.1, 0.15) is 12.2 Å². The number of hydrogen-bond acceptors (Lipinski definition) is 5. The van der Waals surface area contributed by atoms with Gasteiger partial charge in [-0.3, -0.25) is 4.79 Å². The van der Waals surface area contributed by atoms with E-state index in [9.17, 15) is 25.2 Å². The molecule has 4 unspecified atom stereocenters. The summed E-state index contributed by atoms with van der Waals surface area (Å²) in [5.74, 6) is -0.609. The average Bonchev–Trinajstić information content (AvgIpc) is 3.22. The van der Waals surface area contributed by atoms with Crippen molar-refractivity contribution in [3.63, 3.8) is 0 Å². The molecule has 0 aromatic carbocycles. The van der Waals surface area contributed by atoms with E-state index in [4.69, 9.17) is 0 Å². The number of aliphatic hydroxyl groups is 4. The Morgan fingerprint density at radius 2 is 0.789 bits per heavy atom. The molecule has 0 heterocycles. The lowest BCUT2D eigenvalue weighted by Gasteiger charge is -2.27. The van der Waals surface area contributed by atoms with E-state index in [-0.39, 0.29) is 0 Å². The van der Waals surface area contributed by atoms with Crippen LogP contribution < -0.4 is 5.32 Å². The van der Waals surface area contributed by atoms with Crippen LogP contribution in [0.15, 0.2) is 60.8 Å². The third-order valence-electron chi connectivity index (χ3n) is 10.9. The minimum absolute atomic E-state index is 0.344. The minimum atomic E-state index is -1.30. The molecule has 332 valence electrons. The van der Waals surface area contributed by atoms with Gasteiger partial charge in [-0.05, 0) is 96.3 Å². The maximum absolute atomic E-state index is 12.5. The van der Waals surface area contributed by atoms with Gasteiger partial charge in [0.25, 0.3) is 0 Å². The molecule has 0 saturated heterocycles. The van der Waals surface area contributed by atoms with Crippen molar-refractivity contribution in [2.45, 2.75) is 250 Å². The Bertz CT molecular complexity index is 988. The SMILES string of the molecule is CCCCCCCC/C=C/CC/C=C/CC/C=C/CCCC(O)C(O)C(CO)NC(=O)C(O)CCCCCCCC/C=C\C/C=C\CCCCCCCCCCC. The van der Waals surface area contributed by atoms with Gasteiger partial charge in [0, 0.05) is 0 Å². The number of carbonyl (C=O) groups excluding carboxylic acids is 1. The summed E-state index contributed by atoms with van der Waals surface area (Å²) in [4.78, 5) is 12.5. The first-order chi connectivity index (χ1) is 28.0. The van der Waals surface area contributed by atoms with Crippen molar-refractivity contribution >= 4 is 5.91 Å². The molecule has 6 heteroatoms. The summed E-state index contributed by atoms with van der Waals surface area (Å²) in [7, 11) is 0. The summed E-state index contributed by atoms with van der Waals surface area (Å²) >= 11 is 0. The highest BCUT2D eigenvalue weighted by Crippen LogP contribution is 2.14. The molecule has 4 atom stereocenters. The lowest BCUT2D eigenvalue weighted by Crippen LogP contribution is -2.53. The van der Waals surface area contributed by atoms with Gasteiger partial charge in [0.05, 0.1) is 18.8 Å². The Kier molecular flexibility index (Phi) is 43.5. The third-order valence-corrected chi connectivity index (χ3v) is 10.9. The van der Waals surface area contributed by atoms with E-state index in [0.29, 0.717) is 19.3 Å². The summed E-state index contributed by atoms with van der Waals surface area (Å²) in [6, 6.07) is -1.02. The number of nitrogens with one attached hydrogen (secondary N) is 1. The standard InChI is InChI=1S/C51H93NO5/c1-3-5-7-9-11-13-15-17-19-21-23-24-25-27-29-31-33-35-37-39-41-43-45-49(55)51(57)52-47(46-53)50(56)48(54)44-42-40-38-36-34-32-30-28-26-22-20-18-16-14-12-10-8-6-4-2/h18,20,23-24,27-30,36,38,47-50,53-56H,3-17,19,21-22,25-26,31-35,37,39-46H2,1-2H3,(H,52,57)/b20-18+,24-23-,29-27-,30-28+,38-36+. The highest BCUT2D eigenvalue weighted by molar-refractivity contribution is 5.80. The monoisotopic (exact) mass is 800 g/mol. The quantitative estimate of drug-likeness (QED) is 0.0312. The van der Waals surface area contributed by atoms with E-state index in [2.05, 4.69) is 79.9 Å². The Morgan fingerprint density at radius 3 is 1.21 bits per heavy atom. The lowest BCUT2D eigenvalue weighted by molar-refractivity contribution is -0.132. The molecule has 0 fully saturated rings.